The number of nitrogens with zero attached hydrogens (tertiary/aromatic N) is 1. The third kappa shape index (κ3) is 2.27. The zero-order valence-corrected chi connectivity index (χ0v) is 6.97. The van der Waals surface area contributed by atoms with E-state index in [2.05, 4.69) is 9.72 Å². The molecule has 2 N–H and O–H groups in total. The number of carbonyl (C=O) groups excluding carboxylic acids is 1. The van der Waals surface area contributed by atoms with Gasteiger partial charge in [0.2, 0.25) is 0 Å². The Morgan fingerprint density at radius 2 is 2.23 bits per heavy atom. The zero-order chi connectivity index (χ0) is 9.84. The number of esters is 1. The quantitative estimate of drug-likeness (QED) is 0.430. The largest absolute Gasteiger partial charge is 0.490 e. The van der Waals surface area contributed by atoms with Crippen LogP contribution in [0.15, 0.2) is 18.5 Å². The lowest BCUT2D eigenvalue weighted by molar-refractivity contribution is 0.0600. The minimum Gasteiger partial charge on any atom is -0.465 e. The molecule has 0 aromatic carbocycles. The van der Waals surface area contributed by atoms with E-state index in [4.69, 9.17) is 10.0 Å². The highest BCUT2D eigenvalue weighted by Gasteiger charge is 2.14. The van der Waals surface area contributed by atoms with E-state index in [1.165, 1.54) is 25.6 Å². The van der Waals surface area contributed by atoms with Crippen LogP contribution in [0.4, 0.5) is 0 Å². The summed E-state index contributed by atoms with van der Waals surface area (Å²) in [5.74, 6) is -0.560. The smallest absolute Gasteiger partial charge is 0.465 e. The van der Waals surface area contributed by atoms with Gasteiger partial charge in [0.05, 0.1) is 12.7 Å². The molecule has 0 saturated heterocycles. The number of hydrogen-bond acceptors (Lipinski definition) is 5. The van der Waals surface area contributed by atoms with Crippen molar-refractivity contribution in [1.29, 1.82) is 0 Å². The van der Waals surface area contributed by atoms with E-state index in [0.29, 0.717) is 0 Å². The van der Waals surface area contributed by atoms with Crippen molar-refractivity contribution in [2.24, 2.45) is 0 Å². The lowest BCUT2D eigenvalue weighted by Crippen LogP contribution is -2.30. The molecule has 0 aliphatic heterocycles. The molecule has 0 radical (unpaired) electrons. The Kier molecular flexibility index (Phi) is 3.00. The number of methoxy groups -OCH3 is 1. The van der Waals surface area contributed by atoms with E-state index < -0.39 is 13.1 Å². The van der Waals surface area contributed by atoms with E-state index in [0.717, 1.165) is 0 Å². The molecular weight excluding hydrogens is 173 g/mol. The summed E-state index contributed by atoms with van der Waals surface area (Å²) < 4.78 is 4.43. The van der Waals surface area contributed by atoms with Gasteiger partial charge in [-0.3, -0.25) is 4.98 Å². The van der Waals surface area contributed by atoms with Crippen LogP contribution in [0.2, 0.25) is 0 Å². The van der Waals surface area contributed by atoms with Gasteiger partial charge in [0.25, 0.3) is 0 Å². The molecule has 1 aromatic rings. The highest BCUT2D eigenvalue weighted by Crippen LogP contribution is 1.96. The molecule has 6 heteroatoms. The maximum atomic E-state index is 11.0. The fourth-order valence-corrected chi connectivity index (χ4v) is 0.828. The van der Waals surface area contributed by atoms with Crippen LogP contribution in [0.5, 0.6) is 0 Å². The van der Waals surface area contributed by atoms with Crippen molar-refractivity contribution in [2.45, 2.75) is 0 Å². The van der Waals surface area contributed by atoms with E-state index in [1.807, 2.05) is 0 Å². The van der Waals surface area contributed by atoms with Crippen molar-refractivity contribution in [3.63, 3.8) is 0 Å². The highest BCUT2D eigenvalue weighted by molar-refractivity contribution is 6.58. The minimum atomic E-state index is -1.63. The fourth-order valence-electron chi connectivity index (χ4n) is 0.828. The Labute approximate surface area is 75.1 Å². The number of hydrogen-bond donors (Lipinski definition) is 2. The first-order valence-electron chi connectivity index (χ1n) is 3.54. The van der Waals surface area contributed by atoms with Crippen molar-refractivity contribution < 1.29 is 19.6 Å². The molecule has 0 amide bonds. The standard InChI is InChI=1S/C7H8BNO4/c1-13-7(10)5-2-6(8(11)12)4-9-3-5/h2-4,11-12H,1H3. The van der Waals surface area contributed by atoms with Crippen LogP contribution in [0.1, 0.15) is 10.4 Å². The average molecular weight is 181 g/mol. The molecular formula is C7H8BNO4. The van der Waals surface area contributed by atoms with Crippen LogP contribution in [0.25, 0.3) is 0 Å². The van der Waals surface area contributed by atoms with Gasteiger partial charge in [0.1, 0.15) is 0 Å². The fraction of sp³-hybridized carbons (Fsp3) is 0.143. The van der Waals surface area contributed by atoms with Gasteiger partial charge in [-0.05, 0) is 6.07 Å². The maximum absolute atomic E-state index is 11.0. The van der Waals surface area contributed by atoms with Crippen molar-refractivity contribution in [3.8, 4) is 0 Å². The van der Waals surface area contributed by atoms with Gasteiger partial charge in [-0.1, -0.05) is 0 Å². The number of aromatic nitrogens is 1. The van der Waals surface area contributed by atoms with Crippen LogP contribution < -0.4 is 5.46 Å². The maximum Gasteiger partial charge on any atom is 0.490 e. The van der Waals surface area contributed by atoms with Crippen LogP contribution in [0, 0.1) is 0 Å². The molecule has 1 aromatic heterocycles. The molecule has 0 aliphatic carbocycles. The molecule has 5 nitrogen and oxygen atoms in total. The molecule has 0 bridgehead atoms. The van der Waals surface area contributed by atoms with Crippen LogP contribution in [0.3, 0.4) is 0 Å². The number of pyridine rings is 1. The second-order valence-corrected chi connectivity index (χ2v) is 2.37. The predicted octanol–water partition coefficient (Wildman–Crippen LogP) is -1.45. The van der Waals surface area contributed by atoms with Crippen LogP contribution in [-0.2, 0) is 4.74 Å². The van der Waals surface area contributed by atoms with Crippen molar-refractivity contribution in [3.05, 3.63) is 24.0 Å². The summed E-state index contributed by atoms with van der Waals surface area (Å²) in [5.41, 5.74) is 0.344. The molecule has 0 unspecified atom stereocenters. The summed E-state index contributed by atoms with van der Waals surface area (Å²) in [7, 11) is -0.387. The van der Waals surface area contributed by atoms with Gasteiger partial charge >= 0.3 is 13.1 Å². The molecule has 0 spiro atoms. The summed E-state index contributed by atoms with van der Waals surface area (Å²) >= 11 is 0. The first kappa shape index (κ1) is 9.69. The third-order valence-corrected chi connectivity index (χ3v) is 1.48. The molecule has 1 rings (SSSR count). The molecule has 0 saturated carbocycles. The topological polar surface area (TPSA) is 79.7 Å². The Balaban J connectivity index is 2.98. The SMILES string of the molecule is COC(=O)c1cncc(B(O)O)c1. The van der Waals surface area contributed by atoms with E-state index >= 15 is 0 Å². The number of rotatable bonds is 2. The lowest BCUT2D eigenvalue weighted by atomic mass is 9.81. The minimum absolute atomic E-state index is 0.155. The van der Waals surface area contributed by atoms with Gasteiger partial charge < -0.3 is 14.8 Å². The van der Waals surface area contributed by atoms with E-state index in [9.17, 15) is 4.79 Å². The highest BCUT2D eigenvalue weighted by atomic mass is 16.5. The van der Waals surface area contributed by atoms with Gasteiger partial charge in [-0.2, -0.15) is 0 Å². The van der Waals surface area contributed by atoms with Gasteiger partial charge in [-0.15, -0.1) is 0 Å². The van der Waals surface area contributed by atoms with Gasteiger partial charge in [-0.25, -0.2) is 4.79 Å². The Hall–Kier alpha value is -1.40. The summed E-state index contributed by atoms with van der Waals surface area (Å²) in [6.07, 6.45) is 2.55. The molecule has 68 valence electrons. The number of ether oxygens (including phenoxy) is 1. The monoisotopic (exact) mass is 181 g/mol. The summed E-state index contributed by atoms with van der Waals surface area (Å²) in [4.78, 5) is 14.6. The molecule has 0 aliphatic rings. The van der Waals surface area contributed by atoms with E-state index in [1.54, 1.807) is 0 Å². The summed E-state index contributed by atoms with van der Waals surface area (Å²) in [6.45, 7) is 0. The second kappa shape index (κ2) is 4.02. The molecule has 0 fully saturated rings. The first-order valence-corrected chi connectivity index (χ1v) is 3.54. The van der Waals surface area contributed by atoms with Gasteiger partial charge in [0.15, 0.2) is 0 Å². The summed E-state index contributed by atoms with van der Waals surface area (Å²) in [6, 6.07) is 1.31. The molecule has 13 heavy (non-hydrogen) atoms. The van der Waals surface area contributed by atoms with Gasteiger partial charge in [0, 0.05) is 17.9 Å². The van der Waals surface area contributed by atoms with Crippen LogP contribution >= 0.6 is 0 Å². The van der Waals surface area contributed by atoms with Crippen molar-refractivity contribution in [1.82, 2.24) is 4.98 Å². The average Bonchev–Trinajstić information content (AvgIpc) is 2.17. The Morgan fingerprint density at radius 1 is 1.54 bits per heavy atom. The second-order valence-electron chi connectivity index (χ2n) is 2.37. The van der Waals surface area contributed by atoms with Crippen molar-refractivity contribution in [2.75, 3.05) is 7.11 Å². The predicted molar refractivity (Wildman–Crippen MR) is 45.4 cm³/mol. The first-order chi connectivity index (χ1) is 6.15. The van der Waals surface area contributed by atoms with Crippen molar-refractivity contribution >= 4 is 18.6 Å². The number of carbonyl (C=O) groups is 1. The Morgan fingerprint density at radius 3 is 2.77 bits per heavy atom. The Bertz CT molecular complexity index is 315. The summed E-state index contributed by atoms with van der Waals surface area (Å²) in [5, 5.41) is 17.5. The third-order valence-electron chi connectivity index (χ3n) is 1.48. The van der Waals surface area contributed by atoms with E-state index in [-0.39, 0.29) is 11.0 Å². The lowest BCUT2D eigenvalue weighted by Gasteiger charge is -2.01. The van der Waals surface area contributed by atoms with Crippen LogP contribution in [-0.4, -0.2) is 35.2 Å². The molecule has 0 atom stereocenters. The molecule has 1 heterocycles. The zero-order valence-electron chi connectivity index (χ0n) is 6.97. The normalized spacial score (nSPS) is 9.46.